The second-order valence-electron chi connectivity index (χ2n) is 6.27. The SMILES string of the molecule is CC(C)(C)c1ccc([C@@H](CN)N2CCOCC2)cc1. The van der Waals surface area contributed by atoms with Gasteiger partial charge in [0, 0.05) is 25.7 Å². The fourth-order valence-electron chi connectivity index (χ4n) is 2.59. The molecule has 0 spiro atoms. The third kappa shape index (κ3) is 3.56. The predicted octanol–water partition coefficient (Wildman–Crippen LogP) is 2.32. The smallest absolute Gasteiger partial charge is 0.0594 e. The van der Waals surface area contributed by atoms with E-state index < -0.39 is 0 Å². The molecule has 3 nitrogen and oxygen atoms in total. The first kappa shape index (κ1) is 14.5. The number of nitrogens with two attached hydrogens (primary N) is 1. The maximum atomic E-state index is 5.98. The van der Waals surface area contributed by atoms with Crippen molar-refractivity contribution in [1.29, 1.82) is 0 Å². The summed E-state index contributed by atoms with van der Waals surface area (Å²) in [5.41, 5.74) is 8.87. The van der Waals surface area contributed by atoms with Crippen molar-refractivity contribution in [2.45, 2.75) is 32.2 Å². The number of morpholine rings is 1. The van der Waals surface area contributed by atoms with Crippen LogP contribution < -0.4 is 5.73 Å². The van der Waals surface area contributed by atoms with E-state index >= 15 is 0 Å². The molecule has 0 saturated carbocycles. The van der Waals surface area contributed by atoms with Crippen molar-refractivity contribution in [3.63, 3.8) is 0 Å². The second kappa shape index (κ2) is 6.04. The Bertz CT molecular complexity index is 388. The van der Waals surface area contributed by atoms with Crippen LogP contribution in [0.1, 0.15) is 37.9 Å². The van der Waals surface area contributed by atoms with Gasteiger partial charge in [0.05, 0.1) is 13.2 Å². The molecule has 0 aromatic heterocycles. The minimum Gasteiger partial charge on any atom is -0.379 e. The molecule has 1 aliphatic rings. The van der Waals surface area contributed by atoms with Crippen LogP contribution in [0.4, 0.5) is 0 Å². The van der Waals surface area contributed by atoms with Crippen molar-refractivity contribution < 1.29 is 4.74 Å². The Morgan fingerprint density at radius 3 is 2.21 bits per heavy atom. The average Bonchev–Trinajstić information content (AvgIpc) is 2.40. The van der Waals surface area contributed by atoms with Gasteiger partial charge in [-0.2, -0.15) is 0 Å². The Morgan fingerprint density at radius 1 is 1.16 bits per heavy atom. The first-order valence-electron chi connectivity index (χ1n) is 7.14. The van der Waals surface area contributed by atoms with Gasteiger partial charge in [0.2, 0.25) is 0 Å². The zero-order valence-corrected chi connectivity index (χ0v) is 12.4. The minimum absolute atomic E-state index is 0.204. The Balaban J connectivity index is 2.14. The van der Waals surface area contributed by atoms with Crippen LogP contribution in [0.5, 0.6) is 0 Å². The second-order valence-corrected chi connectivity index (χ2v) is 6.27. The Labute approximate surface area is 116 Å². The van der Waals surface area contributed by atoms with Crippen LogP contribution in [0, 0.1) is 0 Å². The predicted molar refractivity (Wildman–Crippen MR) is 79.3 cm³/mol. The van der Waals surface area contributed by atoms with Crippen LogP contribution in [0.25, 0.3) is 0 Å². The molecule has 1 atom stereocenters. The van der Waals surface area contributed by atoms with Crippen molar-refractivity contribution in [2.75, 3.05) is 32.8 Å². The quantitative estimate of drug-likeness (QED) is 0.908. The molecule has 0 radical (unpaired) electrons. The number of hydrogen-bond acceptors (Lipinski definition) is 3. The van der Waals surface area contributed by atoms with Crippen LogP contribution in [-0.4, -0.2) is 37.7 Å². The van der Waals surface area contributed by atoms with Crippen LogP contribution in [0.15, 0.2) is 24.3 Å². The number of hydrogen-bond donors (Lipinski definition) is 1. The summed E-state index contributed by atoms with van der Waals surface area (Å²) in [6.45, 7) is 11.0. The van der Waals surface area contributed by atoms with Crippen molar-refractivity contribution in [1.82, 2.24) is 4.90 Å². The van der Waals surface area contributed by atoms with E-state index in [0.717, 1.165) is 26.3 Å². The summed E-state index contributed by atoms with van der Waals surface area (Å²) in [5.74, 6) is 0. The van der Waals surface area contributed by atoms with E-state index in [1.807, 2.05) is 0 Å². The maximum absolute atomic E-state index is 5.98. The number of nitrogens with zero attached hydrogens (tertiary/aromatic N) is 1. The Hall–Kier alpha value is -0.900. The first-order valence-corrected chi connectivity index (χ1v) is 7.14. The molecule has 106 valence electrons. The third-order valence-electron chi connectivity index (χ3n) is 3.87. The molecule has 1 aromatic rings. The summed E-state index contributed by atoms with van der Waals surface area (Å²) >= 11 is 0. The van der Waals surface area contributed by atoms with Crippen molar-refractivity contribution in [3.05, 3.63) is 35.4 Å². The molecule has 0 unspecified atom stereocenters. The van der Waals surface area contributed by atoms with Gasteiger partial charge in [-0.25, -0.2) is 0 Å². The van der Waals surface area contributed by atoms with E-state index in [2.05, 4.69) is 49.9 Å². The number of ether oxygens (including phenoxy) is 1. The molecule has 3 heteroatoms. The van der Waals surface area contributed by atoms with Crippen LogP contribution >= 0.6 is 0 Å². The fraction of sp³-hybridized carbons (Fsp3) is 0.625. The van der Waals surface area contributed by atoms with Crippen molar-refractivity contribution >= 4 is 0 Å². The highest BCUT2D eigenvalue weighted by Crippen LogP contribution is 2.26. The molecule has 0 bridgehead atoms. The van der Waals surface area contributed by atoms with Crippen LogP contribution in [0.3, 0.4) is 0 Å². The number of benzene rings is 1. The summed E-state index contributed by atoms with van der Waals surface area (Å²) in [7, 11) is 0. The van der Waals surface area contributed by atoms with Crippen LogP contribution in [0.2, 0.25) is 0 Å². The maximum Gasteiger partial charge on any atom is 0.0594 e. The third-order valence-corrected chi connectivity index (χ3v) is 3.87. The Morgan fingerprint density at radius 2 is 1.74 bits per heavy atom. The van der Waals surface area contributed by atoms with Crippen molar-refractivity contribution in [3.8, 4) is 0 Å². The normalized spacial score (nSPS) is 19.4. The van der Waals surface area contributed by atoms with Gasteiger partial charge in [0.25, 0.3) is 0 Å². The van der Waals surface area contributed by atoms with Gasteiger partial charge >= 0.3 is 0 Å². The highest BCUT2D eigenvalue weighted by molar-refractivity contribution is 5.29. The van der Waals surface area contributed by atoms with E-state index in [1.165, 1.54) is 11.1 Å². The topological polar surface area (TPSA) is 38.5 Å². The lowest BCUT2D eigenvalue weighted by atomic mass is 9.86. The lowest BCUT2D eigenvalue weighted by Crippen LogP contribution is -2.41. The molecule has 2 rings (SSSR count). The molecule has 0 aliphatic carbocycles. The van der Waals surface area contributed by atoms with Gasteiger partial charge in [0.1, 0.15) is 0 Å². The van der Waals surface area contributed by atoms with Gasteiger partial charge in [0.15, 0.2) is 0 Å². The largest absolute Gasteiger partial charge is 0.379 e. The summed E-state index contributed by atoms with van der Waals surface area (Å²) in [6, 6.07) is 9.25. The molecule has 1 fully saturated rings. The van der Waals surface area contributed by atoms with Gasteiger partial charge in [-0.3, -0.25) is 4.90 Å². The van der Waals surface area contributed by atoms with Gasteiger partial charge in [-0.05, 0) is 16.5 Å². The van der Waals surface area contributed by atoms with Gasteiger partial charge in [-0.1, -0.05) is 45.0 Å². The van der Waals surface area contributed by atoms with Gasteiger partial charge in [-0.15, -0.1) is 0 Å². The highest BCUT2D eigenvalue weighted by atomic mass is 16.5. The standard InChI is InChI=1S/C16H26N2O/c1-16(2,3)14-6-4-13(5-7-14)15(12-17)18-8-10-19-11-9-18/h4-7,15H,8-12,17H2,1-3H3/t15-/m1/s1. The summed E-state index contributed by atoms with van der Waals surface area (Å²) in [6.07, 6.45) is 0. The molecule has 1 aromatic carbocycles. The molecule has 2 N–H and O–H groups in total. The lowest BCUT2D eigenvalue weighted by Gasteiger charge is -2.34. The zero-order chi connectivity index (χ0) is 13.9. The van der Waals surface area contributed by atoms with Gasteiger partial charge < -0.3 is 10.5 Å². The van der Waals surface area contributed by atoms with Crippen LogP contribution in [-0.2, 0) is 10.2 Å². The summed E-state index contributed by atoms with van der Waals surface area (Å²) < 4.78 is 5.41. The minimum atomic E-state index is 0.204. The molecular formula is C16H26N2O. The monoisotopic (exact) mass is 262 g/mol. The molecule has 1 heterocycles. The van der Waals surface area contributed by atoms with Crippen molar-refractivity contribution in [2.24, 2.45) is 5.73 Å². The zero-order valence-electron chi connectivity index (χ0n) is 12.4. The highest BCUT2D eigenvalue weighted by Gasteiger charge is 2.22. The van der Waals surface area contributed by atoms with E-state index in [9.17, 15) is 0 Å². The summed E-state index contributed by atoms with van der Waals surface area (Å²) in [5, 5.41) is 0. The van der Waals surface area contributed by atoms with E-state index in [1.54, 1.807) is 0 Å². The average molecular weight is 262 g/mol. The van der Waals surface area contributed by atoms with E-state index in [0.29, 0.717) is 12.6 Å². The molecule has 1 aliphatic heterocycles. The van der Waals surface area contributed by atoms with E-state index in [-0.39, 0.29) is 5.41 Å². The molecule has 19 heavy (non-hydrogen) atoms. The fourth-order valence-corrected chi connectivity index (χ4v) is 2.59. The Kier molecular flexibility index (Phi) is 4.61. The number of rotatable bonds is 3. The summed E-state index contributed by atoms with van der Waals surface area (Å²) in [4.78, 5) is 2.43. The van der Waals surface area contributed by atoms with E-state index in [4.69, 9.17) is 10.5 Å². The molecule has 1 saturated heterocycles. The lowest BCUT2D eigenvalue weighted by molar-refractivity contribution is 0.0179. The molecular weight excluding hydrogens is 236 g/mol. The first-order chi connectivity index (χ1) is 9.02. The molecule has 0 amide bonds.